The third-order valence-corrected chi connectivity index (χ3v) is 4.87. The van der Waals surface area contributed by atoms with Crippen LogP contribution in [0, 0.1) is 19.8 Å². The first-order valence-electron chi connectivity index (χ1n) is 8.37. The van der Waals surface area contributed by atoms with E-state index in [1.165, 1.54) is 24.8 Å². The third-order valence-electron chi connectivity index (χ3n) is 4.87. The van der Waals surface area contributed by atoms with E-state index >= 15 is 0 Å². The molecule has 0 heterocycles. The zero-order chi connectivity index (χ0) is 16.1. The molecule has 1 aliphatic rings. The molecule has 0 saturated heterocycles. The van der Waals surface area contributed by atoms with Gasteiger partial charge in [-0.05, 0) is 49.8 Å². The summed E-state index contributed by atoms with van der Waals surface area (Å²) in [5, 5.41) is 3.10. The molecule has 1 fully saturated rings. The molecule has 0 spiro atoms. The van der Waals surface area contributed by atoms with Crippen LogP contribution < -0.4 is 5.32 Å². The van der Waals surface area contributed by atoms with Gasteiger partial charge in [-0.25, -0.2) is 0 Å². The van der Waals surface area contributed by atoms with Crippen molar-refractivity contribution in [3.8, 4) is 0 Å². The Balaban J connectivity index is 1.82. The molecule has 3 nitrogen and oxygen atoms in total. The average molecular weight is 301 g/mol. The molecule has 120 valence electrons. The number of nitrogens with one attached hydrogen (secondary N) is 1. The molecule has 1 amide bonds. The van der Waals surface area contributed by atoms with Crippen LogP contribution in [-0.2, 0) is 4.79 Å². The predicted octanol–water partition coefficient (Wildman–Crippen LogP) is 3.96. The van der Waals surface area contributed by atoms with Gasteiger partial charge in [-0.15, -0.1) is 0 Å². The Hall–Kier alpha value is -1.64. The van der Waals surface area contributed by atoms with Crippen LogP contribution in [0.3, 0.4) is 0 Å². The molecule has 2 atom stereocenters. The maximum absolute atomic E-state index is 12.2. The highest BCUT2D eigenvalue weighted by Gasteiger charge is 2.22. The number of amides is 1. The van der Waals surface area contributed by atoms with E-state index in [0.29, 0.717) is 11.5 Å². The Kier molecular flexibility index (Phi) is 5.76. The lowest BCUT2D eigenvalue weighted by molar-refractivity contribution is -0.122. The number of rotatable bonds is 5. The van der Waals surface area contributed by atoms with Crippen LogP contribution in [0.15, 0.2) is 18.2 Å². The smallest absolute Gasteiger partial charge is 0.220 e. The number of carbonyl (C=O) groups excluding carboxylic acids is 2. The molecule has 1 aromatic rings. The number of aryl methyl sites for hydroxylation is 2. The fraction of sp³-hybridized carbons (Fsp3) is 0.579. The van der Waals surface area contributed by atoms with Gasteiger partial charge in [0.15, 0.2) is 5.78 Å². The van der Waals surface area contributed by atoms with Crippen LogP contribution in [0.4, 0.5) is 0 Å². The third kappa shape index (κ3) is 4.43. The van der Waals surface area contributed by atoms with Crippen LogP contribution in [0.1, 0.15) is 66.9 Å². The lowest BCUT2D eigenvalue weighted by Gasteiger charge is -2.29. The van der Waals surface area contributed by atoms with E-state index in [-0.39, 0.29) is 30.6 Å². The minimum atomic E-state index is 0.0101. The van der Waals surface area contributed by atoms with Crippen molar-refractivity contribution in [3.05, 3.63) is 34.9 Å². The maximum Gasteiger partial charge on any atom is 0.220 e. The van der Waals surface area contributed by atoms with Gasteiger partial charge in [-0.3, -0.25) is 9.59 Å². The van der Waals surface area contributed by atoms with Crippen molar-refractivity contribution in [1.82, 2.24) is 5.32 Å². The standard InChI is InChI=1S/C19H27NO2/c1-13-8-9-16(12-15(13)3)18(21)10-11-19(22)20-17-7-5-4-6-14(17)2/h8-9,12,14,17H,4-7,10-11H2,1-3H3,(H,20,22)/t14-,17-/m1/s1. The van der Waals surface area contributed by atoms with Crippen molar-refractivity contribution in [2.45, 2.75) is 65.3 Å². The zero-order valence-corrected chi connectivity index (χ0v) is 13.9. The molecule has 22 heavy (non-hydrogen) atoms. The molecule has 0 aliphatic heterocycles. The normalized spacial score (nSPS) is 21.4. The van der Waals surface area contributed by atoms with E-state index in [9.17, 15) is 9.59 Å². The van der Waals surface area contributed by atoms with Crippen molar-refractivity contribution in [2.24, 2.45) is 5.92 Å². The summed E-state index contributed by atoms with van der Waals surface area (Å²) in [6, 6.07) is 6.02. The van der Waals surface area contributed by atoms with Gasteiger partial charge in [0.1, 0.15) is 0 Å². The Morgan fingerprint density at radius 3 is 2.50 bits per heavy atom. The van der Waals surface area contributed by atoms with Crippen LogP contribution in [0.5, 0.6) is 0 Å². The summed E-state index contributed by atoms with van der Waals surface area (Å²) in [4.78, 5) is 24.2. The van der Waals surface area contributed by atoms with Crippen LogP contribution in [0.25, 0.3) is 0 Å². The predicted molar refractivity (Wildman–Crippen MR) is 89.0 cm³/mol. The summed E-state index contributed by atoms with van der Waals surface area (Å²) in [6.45, 7) is 6.23. The average Bonchev–Trinajstić information content (AvgIpc) is 2.50. The highest BCUT2D eigenvalue weighted by Crippen LogP contribution is 2.23. The second kappa shape index (κ2) is 7.57. The number of ketones is 1. The monoisotopic (exact) mass is 301 g/mol. The molecule has 1 saturated carbocycles. The first-order chi connectivity index (χ1) is 10.5. The SMILES string of the molecule is Cc1ccc(C(=O)CCC(=O)N[C@@H]2CCCC[C@H]2C)cc1C. The Morgan fingerprint density at radius 1 is 1.09 bits per heavy atom. The van der Waals surface area contributed by atoms with E-state index in [1.807, 2.05) is 32.0 Å². The summed E-state index contributed by atoms with van der Waals surface area (Å²) >= 11 is 0. The topological polar surface area (TPSA) is 46.2 Å². The van der Waals surface area contributed by atoms with Crippen molar-refractivity contribution in [2.75, 3.05) is 0 Å². The lowest BCUT2D eigenvalue weighted by atomic mass is 9.86. The zero-order valence-electron chi connectivity index (χ0n) is 13.9. The lowest BCUT2D eigenvalue weighted by Crippen LogP contribution is -2.41. The number of carbonyl (C=O) groups is 2. The number of hydrogen-bond acceptors (Lipinski definition) is 2. The van der Waals surface area contributed by atoms with Crippen molar-refractivity contribution in [1.29, 1.82) is 0 Å². The molecule has 0 bridgehead atoms. The molecule has 2 rings (SSSR count). The van der Waals surface area contributed by atoms with Crippen molar-refractivity contribution in [3.63, 3.8) is 0 Å². The number of hydrogen-bond donors (Lipinski definition) is 1. The summed E-state index contributed by atoms with van der Waals surface area (Å²) < 4.78 is 0. The summed E-state index contributed by atoms with van der Waals surface area (Å²) in [5.74, 6) is 0.610. The van der Waals surface area contributed by atoms with Gasteiger partial charge in [0.05, 0.1) is 0 Å². The molecule has 1 aliphatic carbocycles. The van der Waals surface area contributed by atoms with Gasteiger partial charge < -0.3 is 5.32 Å². The van der Waals surface area contributed by atoms with Gasteiger partial charge in [0, 0.05) is 24.4 Å². The molecule has 0 radical (unpaired) electrons. The quantitative estimate of drug-likeness (QED) is 0.837. The largest absolute Gasteiger partial charge is 0.353 e. The fourth-order valence-corrected chi connectivity index (χ4v) is 3.10. The van der Waals surface area contributed by atoms with Gasteiger partial charge in [0.2, 0.25) is 5.91 Å². The van der Waals surface area contributed by atoms with Gasteiger partial charge in [-0.2, -0.15) is 0 Å². The summed E-state index contributed by atoms with van der Waals surface area (Å²) in [6.07, 6.45) is 5.28. The minimum Gasteiger partial charge on any atom is -0.353 e. The minimum absolute atomic E-state index is 0.0101. The van der Waals surface area contributed by atoms with Crippen molar-refractivity contribution < 1.29 is 9.59 Å². The highest BCUT2D eigenvalue weighted by atomic mass is 16.2. The van der Waals surface area contributed by atoms with Gasteiger partial charge in [0.25, 0.3) is 0 Å². The number of Topliss-reactive ketones (excluding diaryl/α,β-unsaturated/α-hetero) is 1. The molecule has 3 heteroatoms. The molecular weight excluding hydrogens is 274 g/mol. The Morgan fingerprint density at radius 2 is 1.82 bits per heavy atom. The molecule has 0 unspecified atom stereocenters. The Labute approximate surface area is 133 Å². The van der Waals surface area contributed by atoms with E-state index in [2.05, 4.69) is 12.2 Å². The van der Waals surface area contributed by atoms with Crippen molar-refractivity contribution >= 4 is 11.7 Å². The second-order valence-electron chi connectivity index (χ2n) is 6.66. The first kappa shape index (κ1) is 16.7. The Bertz CT molecular complexity index is 550. The molecule has 0 aromatic heterocycles. The van der Waals surface area contributed by atoms with E-state index < -0.39 is 0 Å². The molecular formula is C19H27NO2. The van der Waals surface area contributed by atoms with Gasteiger partial charge in [-0.1, -0.05) is 31.9 Å². The number of benzene rings is 1. The van der Waals surface area contributed by atoms with E-state index in [1.54, 1.807) is 0 Å². The maximum atomic E-state index is 12.2. The van der Waals surface area contributed by atoms with Gasteiger partial charge >= 0.3 is 0 Å². The van der Waals surface area contributed by atoms with E-state index in [4.69, 9.17) is 0 Å². The molecule has 1 N–H and O–H groups in total. The summed E-state index contributed by atoms with van der Waals surface area (Å²) in [7, 11) is 0. The highest BCUT2D eigenvalue weighted by molar-refractivity contribution is 5.98. The van der Waals surface area contributed by atoms with Crippen LogP contribution >= 0.6 is 0 Å². The summed E-state index contributed by atoms with van der Waals surface area (Å²) in [5.41, 5.74) is 3.01. The fourth-order valence-electron chi connectivity index (χ4n) is 3.10. The van der Waals surface area contributed by atoms with Crippen LogP contribution in [0.2, 0.25) is 0 Å². The molecule has 1 aromatic carbocycles. The van der Waals surface area contributed by atoms with E-state index in [0.717, 1.165) is 12.0 Å². The first-order valence-corrected chi connectivity index (χ1v) is 8.37. The second-order valence-corrected chi connectivity index (χ2v) is 6.66. The van der Waals surface area contributed by atoms with Crippen LogP contribution in [-0.4, -0.2) is 17.7 Å².